The molecule has 2 aromatic rings. The van der Waals surface area contributed by atoms with Crippen molar-refractivity contribution in [2.45, 2.75) is 33.6 Å². The van der Waals surface area contributed by atoms with Gasteiger partial charge in [-0.05, 0) is 38.0 Å². The number of nitrogens with one attached hydrogen (secondary N) is 1. The number of rotatable bonds is 7. The summed E-state index contributed by atoms with van der Waals surface area (Å²) in [6.45, 7) is 4.79. The van der Waals surface area contributed by atoms with Crippen LogP contribution in [0.4, 0.5) is 13.2 Å². The monoisotopic (exact) mass is 435 g/mol. The number of hydrogen-bond acceptors (Lipinski definition) is 5. The van der Waals surface area contributed by atoms with Crippen LogP contribution in [0, 0.1) is 13.8 Å². The van der Waals surface area contributed by atoms with Crippen molar-refractivity contribution in [2.75, 3.05) is 14.2 Å². The first kappa shape index (κ1) is 23.9. The maximum Gasteiger partial charge on any atom is 0.416 e. The van der Waals surface area contributed by atoms with Crippen LogP contribution in [0.25, 0.3) is 0 Å². The van der Waals surface area contributed by atoms with Crippen molar-refractivity contribution in [2.24, 2.45) is 10.3 Å². The summed E-state index contributed by atoms with van der Waals surface area (Å²) in [5.74, 6) is -0.437. The molecular formula is C22H24F3N3O3. The van der Waals surface area contributed by atoms with E-state index in [1.54, 1.807) is 25.1 Å². The van der Waals surface area contributed by atoms with Gasteiger partial charge in [-0.1, -0.05) is 40.6 Å². The summed E-state index contributed by atoms with van der Waals surface area (Å²) in [5, 5.41) is 10.3. The van der Waals surface area contributed by atoms with Gasteiger partial charge < -0.3 is 15.0 Å². The van der Waals surface area contributed by atoms with Crippen molar-refractivity contribution in [3.63, 3.8) is 0 Å². The van der Waals surface area contributed by atoms with Crippen LogP contribution in [-0.4, -0.2) is 31.5 Å². The van der Waals surface area contributed by atoms with Crippen LogP contribution in [0.5, 0.6) is 0 Å². The van der Waals surface area contributed by atoms with Crippen molar-refractivity contribution in [3.8, 4) is 0 Å². The second kappa shape index (κ2) is 10.1. The van der Waals surface area contributed by atoms with Crippen LogP contribution in [0.15, 0.2) is 46.7 Å². The quantitative estimate of drug-likeness (QED) is 0.519. The fourth-order valence-electron chi connectivity index (χ4n) is 3.12. The summed E-state index contributed by atoms with van der Waals surface area (Å²) in [6, 6.07) is 9.22. The standard InChI is InChI=1S/C22H24F3N3O3/c1-13-8-6-10-17(20(28-30-5)21(29)26-4)18(13)12-31-27-15(3)16-9-7-11-19(14(16)2)22(23,24)25/h6-11H,12H2,1-5H3,(H,26,29)/b27-15+,28-20+. The first-order valence-corrected chi connectivity index (χ1v) is 9.37. The number of alkyl halides is 3. The summed E-state index contributed by atoms with van der Waals surface area (Å²) in [5.41, 5.74) is 2.05. The maximum atomic E-state index is 13.2. The lowest BCUT2D eigenvalue weighted by atomic mass is 9.98. The number of carbonyl (C=O) groups excluding carboxylic acids is 1. The molecule has 2 aromatic carbocycles. The first-order valence-electron chi connectivity index (χ1n) is 9.37. The highest BCUT2D eigenvalue weighted by molar-refractivity contribution is 6.45. The number of nitrogens with zero attached hydrogens (tertiary/aromatic N) is 2. The summed E-state index contributed by atoms with van der Waals surface area (Å²) in [6.07, 6.45) is -4.45. The highest BCUT2D eigenvalue weighted by Crippen LogP contribution is 2.33. The predicted octanol–water partition coefficient (Wildman–Crippen LogP) is 4.36. The number of carbonyl (C=O) groups is 1. The first-order chi connectivity index (χ1) is 14.6. The largest absolute Gasteiger partial charge is 0.416 e. The lowest BCUT2D eigenvalue weighted by Crippen LogP contribution is -2.29. The van der Waals surface area contributed by atoms with E-state index in [9.17, 15) is 18.0 Å². The highest BCUT2D eigenvalue weighted by atomic mass is 19.4. The van der Waals surface area contributed by atoms with Crippen molar-refractivity contribution < 1.29 is 27.6 Å². The van der Waals surface area contributed by atoms with Crippen LogP contribution in [0.2, 0.25) is 0 Å². The number of halogens is 3. The molecule has 0 aliphatic heterocycles. The molecule has 2 rings (SSSR count). The summed E-state index contributed by atoms with van der Waals surface area (Å²) >= 11 is 0. The molecule has 0 aliphatic carbocycles. The fraction of sp³-hybridized carbons (Fsp3) is 0.318. The third-order valence-electron chi connectivity index (χ3n) is 4.73. The van der Waals surface area contributed by atoms with Crippen LogP contribution in [0.3, 0.4) is 0 Å². The lowest BCUT2D eigenvalue weighted by Gasteiger charge is -2.14. The zero-order valence-corrected chi connectivity index (χ0v) is 17.9. The Morgan fingerprint density at radius 1 is 1.06 bits per heavy atom. The van der Waals surface area contributed by atoms with Gasteiger partial charge in [0, 0.05) is 23.7 Å². The Morgan fingerprint density at radius 2 is 1.71 bits per heavy atom. The topological polar surface area (TPSA) is 72.3 Å². The van der Waals surface area contributed by atoms with E-state index in [4.69, 9.17) is 9.68 Å². The molecule has 0 saturated heterocycles. The van der Waals surface area contributed by atoms with E-state index >= 15 is 0 Å². The number of hydrogen-bond donors (Lipinski definition) is 1. The zero-order chi connectivity index (χ0) is 23.2. The molecule has 0 bridgehead atoms. The molecule has 0 radical (unpaired) electrons. The van der Waals surface area contributed by atoms with Gasteiger partial charge in [-0.25, -0.2) is 0 Å². The molecule has 0 aliphatic rings. The van der Waals surface area contributed by atoms with Gasteiger partial charge in [-0.3, -0.25) is 4.79 Å². The third-order valence-corrected chi connectivity index (χ3v) is 4.73. The molecule has 0 atom stereocenters. The minimum Gasteiger partial charge on any atom is -0.398 e. The summed E-state index contributed by atoms with van der Waals surface area (Å²) in [4.78, 5) is 22.5. The van der Waals surface area contributed by atoms with Gasteiger partial charge >= 0.3 is 6.18 Å². The number of likely N-dealkylation sites (N-methyl/N-ethyl adjacent to an activating group) is 1. The molecule has 1 N–H and O–H groups in total. The molecule has 6 nitrogen and oxygen atoms in total. The molecule has 0 fully saturated rings. The van der Waals surface area contributed by atoms with Gasteiger partial charge in [-0.2, -0.15) is 13.2 Å². The SMILES string of the molecule is CNC(=O)/C(=N/OC)c1cccc(C)c1CO/N=C(\C)c1cccc(C(F)(F)F)c1C. The number of oxime groups is 2. The smallest absolute Gasteiger partial charge is 0.398 e. The van der Waals surface area contributed by atoms with E-state index < -0.39 is 17.6 Å². The Morgan fingerprint density at radius 3 is 2.32 bits per heavy atom. The summed E-state index contributed by atoms with van der Waals surface area (Å²) < 4.78 is 39.5. The highest BCUT2D eigenvalue weighted by Gasteiger charge is 2.33. The second-order valence-electron chi connectivity index (χ2n) is 6.73. The molecule has 0 unspecified atom stereocenters. The molecule has 0 spiro atoms. The van der Waals surface area contributed by atoms with Gasteiger partial charge in [-0.15, -0.1) is 0 Å². The van der Waals surface area contributed by atoms with Crippen LogP contribution >= 0.6 is 0 Å². The van der Waals surface area contributed by atoms with Crippen LogP contribution in [-0.2, 0) is 27.3 Å². The third kappa shape index (κ3) is 5.62. The second-order valence-corrected chi connectivity index (χ2v) is 6.73. The van der Waals surface area contributed by atoms with Gasteiger partial charge in [0.25, 0.3) is 5.91 Å². The van der Waals surface area contributed by atoms with Gasteiger partial charge in [0.05, 0.1) is 11.3 Å². The minimum absolute atomic E-state index is 0.0168. The zero-order valence-electron chi connectivity index (χ0n) is 17.9. The fourth-order valence-corrected chi connectivity index (χ4v) is 3.12. The Bertz CT molecular complexity index is 1010. The van der Waals surface area contributed by atoms with Crippen molar-refractivity contribution in [3.05, 3.63) is 69.8 Å². The Kier molecular flexibility index (Phi) is 7.79. The number of amides is 1. The van der Waals surface area contributed by atoms with E-state index in [-0.39, 0.29) is 17.9 Å². The average molecular weight is 435 g/mol. The molecule has 0 saturated carbocycles. The van der Waals surface area contributed by atoms with E-state index in [1.807, 2.05) is 13.0 Å². The molecule has 0 aromatic heterocycles. The molecule has 0 heterocycles. The molecule has 166 valence electrons. The van der Waals surface area contributed by atoms with Gasteiger partial charge in [0.15, 0.2) is 5.71 Å². The van der Waals surface area contributed by atoms with E-state index in [1.165, 1.54) is 27.1 Å². The average Bonchev–Trinajstić information content (AvgIpc) is 2.71. The molecule has 9 heteroatoms. The Labute approximate surface area is 178 Å². The molecular weight excluding hydrogens is 411 g/mol. The van der Waals surface area contributed by atoms with Crippen molar-refractivity contribution >= 4 is 17.3 Å². The van der Waals surface area contributed by atoms with Crippen molar-refractivity contribution in [1.29, 1.82) is 0 Å². The Hall–Kier alpha value is -3.36. The molecule has 31 heavy (non-hydrogen) atoms. The van der Waals surface area contributed by atoms with E-state index in [0.29, 0.717) is 22.4 Å². The van der Waals surface area contributed by atoms with Crippen molar-refractivity contribution in [1.82, 2.24) is 5.32 Å². The van der Waals surface area contributed by atoms with E-state index in [2.05, 4.69) is 15.6 Å². The predicted molar refractivity (Wildman–Crippen MR) is 112 cm³/mol. The van der Waals surface area contributed by atoms with Gasteiger partial charge in [0.1, 0.15) is 13.7 Å². The van der Waals surface area contributed by atoms with Crippen LogP contribution in [0.1, 0.15) is 40.3 Å². The normalized spacial score (nSPS) is 12.5. The Balaban J connectivity index is 2.34. The van der Waals surface area contributed by atoms with Crippen LogP contribution < -0.4 is 5.32 Å². The van der Waals surface area contributed by atoms with E-state index in [0.717, 1.165) is 11.6 Å². The molecule has 1 amide bonds. The number of aryl methyl sites for hydroxylation is 1. The number of benzene rings is 2. The lowest BCUT2D eigenvalue weighted by molar-refractivity contribution is -0.138. The van der Waals surface area contributed by atoms with Gasteiger partial charge in [0.2, 0.25) is 0 Å². The maximum absolute atomic E-state index is 13.2. The summed E-state index contributed by atoms with van der Waals surface area (Å²) in [7, 11) is 2.81. The minimum atomic E-state index is -4.45.